The van der Waals surface area contributed by atoms with E-state index in [1.165, 1.54) is 96.3 Å². The average molecular weight is 1400 g/mol. The molecule has 4 unspecified atom stereocenters. The molecular weight excluding hydrogens is 1260 g/mol. The maximum absolute atomic E-state index is 13.3. The van der Waals surface area contributed by atoms with Crippen LogP contribution in [0.2, 0.25) is 18.1 Å². The third-order valence-corrected chi connectivity index (χ3v) is 39.8. The second-order valence-electron chi connectivity index (χ2n) is 39.9. The highest BCUT2D eigenvalue weighted by Crippen LogP contribution is 2.91. The second kappa shape index (κ2) is 25.8. The van der Waals surface area contributed by atoms with Crippen molar-refractivity contribution in [3.8, 4) is 0 Å². The Kier molecular flexibility index (Phi) is 19.0. The van der Waals surface area contributed by atoms with Crippen molar-refractivity contribution in [1.82, 2.24) is 15.1 Å². The van der Waals surface area contributed by atoms with Gasteiger partial charge in [-0.3, -0.25) is 0 Å². The first-order valence-electron chi connectivity index (χ1n) is 41.8. The lowest BCUT2D eigenvalue weighted by molar-refractivity contribution is -0.242. The van der Waals surface area contributed by atoms with Gasteiger partial charge in [-0.05, 0) is 255 Å². The fraction of sp³-hybridized carbons (Fsp3) is 0.976. The van der Waals surface area contributed by atoms with E-state index in [-0.39, 0.29) is 124 Å². The zero-order valence-corrected chi connectivity index (χ0v) is 66.2. The van der Waals surface area contributed by atoms with Crippen molar-refractivity contribution >= 4 is 20.5 Å². The molecule has 10 aliphatic carbocycles. The fourth-order valence-corrected chi connectivity index (χ4v) is 32.4. The quantitative estimate of drug-likeness (QED) is 0.118. The Hall–Kier alpha value is -1.60. The molecule has 2 N–H and O–H groups in total. The van der Waals surface area contributed by atoms with Crippen LogP contribution in [0, 0.1) is 113 Å². The first kappa shape index (κ1) is 72.9. The van der Waals surface area contributed by atoms with Crippen LogP contribution in [0.3, 0.4) is 0 Å². The molecule has 0 radical (unpaired) electrons. The number of nitrogens with zero attached hydrogens (tertiary/aromatic N) is 2. The topological polar surface area (TPSA) is 156 Å². The number of aliphatic hydroxyl groups excluding tert-OH is 1. The van der Waals surface area contributed by atoms with Crippen LogP contribution in [-0.4, -0.2) is 162 Å². The number of hydrogen-bond donors (Lipinski definition) is 2. The van der Waals surface area contributed by atoms with Crippen molar-refractivity contribution in [1.29, 1.82) is 0 Å². The molecule has 99 heavy (non-hydrogen) atoms. The van der Waals surface area contributed by atoms with Crippen molar-refractivity contribution < 1.29 is 57.0 Å². The summed E-state index contributed by atoms with van der Waals surface area (Å²) in [5.74, 6) is 4.49. The van der Waals surface area contributed by atoms with E-state index < -0.39 is 14.4 Å². The monoisotopic (exact) mass is 1400 g/mol. The number of ether oxygens (including phenoxy) is 8. The Morgan fingerprint density at radius 1 is 0.545 bits per heavy atom. The summed E-state index contributed by atoms with van der Waals surface area (Å²) in [5, 5.41) is 16.1. The van der Waals surface area contributed by atoms with Crippen LogP contribution in [0.25, 0.3) is 0 Å². The number of carbonyl (C=O) groups is 2. The van der Waals surface area contributed by atoms with Crippen LogP contribution in [0.4, 0.5) is 9.59 Å². The molecular formula is C83H139N3O12Si. The average Bonchev–Trinajstić information content (AvgIpc) is 1.47. The van der Waals surface area contributed by atoms with Crippen molar-refractivity contribution in [3.05, 3.63) is 0 Å². The normalized spacial score (nSPS) is 50.0. The van der Waals surface area contributed by atoms with Crippen LogP contribution in [-0.2, 0) is 42.3 Å². The Labute approximate surface area is 599 Å². The Morgan fingerprint density at radius 3 is 1.45 bits per heavy atom. The van der Waals surface area contributed by atoms with E-state index in [2.05, 4.69) is 123 Å². The first-order valence-corrected chi connectivity index (χ1v) is 44.3. The number of aliphatic hydroxyl groups is 1. The van der Waals surface area contributed by atoms with Gasteiger partial charge in [0.15, 0.2) is 20.9 Å². The van der Waals surface area contributed by atoms with Crippen molar-refractivity contribution in [2.45, 2.75) is 344 Å². The summed E-state index contributed by atoms with van der Waals surface area (Å²) in [4.78, 5) is 29.8. The Morgan fingerprint density at radius 2 is 1.00 bits per heavy atom. The largest absolute Gasteiger partial charge is 0.443 e. The van der Waals surface area contributed by atoms with Crippen LogP contribution in [0.1, 0.15) is 253 Å². The number of likely N-dealkylation sites (tertiary alicyclic amines) is 2. The van der Waals surface area contributed by atoms with Crippen molar-refractivity contribution in [2.24, 2.45) is 113 Å². The molecule has 10 saturated carbocycles. The fourth-order valence-electron chi connectivity index (χ4n) is 29.4. The highest BCUT2D eigenvalue weighted by atomic mass is 28.4. The lowest BCUT2D eigenvalue weighted by Crippen LogP contribution is -2.61. The minimum absolute atomic E-state index is 0.0129. The molecule has 16 rings (SSSR count). The number of rotatable bonds is 15. The maximum Gasteiger partial charge on any atom is 0.410 e. The van der Waals surface area contributed by atoms with Gasteiger partial charge >= 0.3 is 12.2 Å². The molecule has 562 valence electrons. The van der Waals surface area contributed by atoms with Crippen molar-refractivity contribution in [3.63, 3.8) is 0 Å². The molecule has 0 aromatic rings. The third kappa shape index (κ3) is 10.6. The predicted molar refractivity (Wildman–Crippen MR) is 387 cm³/mol. The van der Waals surface area contributed by atoms with Crippen LogP contribution < -0.4 is 5.32 Å². The van der Waals surface area contributed by atoms with E-state index in [0.717, 1.165) is 109 Å². The van der Waals surface area contributed by atoms with Gasteiger partial charge in [0, 0.05) is 56.7 Å². The van der Waals surface area contributed by atoms with E-state index >= 15 is 0 Å². The highest BCUT2D eigenvalue weighted by Gasteiger charge is 2.87. The zero-order valence-electron chi connectivity index (χ0n) is 65.2. The van der Waals surface area contributed by atoms with Gasteiger partial charge < -0.3 is 62.5 Å². The summed E-state index contributed by atoms with van der Waals surface area (Å²) >= 11 is 0. The molecule has 16 fully saturated rings. The zero-order chi connectivity index (χ0) is 70.2. The van der Waals surface area contributed by atoms with E-state index in [1.807, 2.05) is 4.90 Å². The number of fused-ring (bicyclic) bond motifs is 8. The van der Waals surface area contributed by atoms with Crippen LogP contribution >= 0.6 is 0 Å². The van der Waals surface area contributed by atoms with Gasteiger partial charge in [-0.25, -0.2) is 9.59 Å². The Bertz CT molecular complexity index is 2940. The molecule has 28 atom stereocenters. The van der Waals surface area contributed by atoms with E-state index in [1.54, 1.807) is 4.90 Å². The van der Waals surface area contributed by atoms with Gasteiger partial charge in [-0.15, -0.1) is 0 Å². The highest BCUT2D eigenvalue weighted by molar-refractivity contribution is 6.73. The summed E-state index contributed by atoms with van der Waals surface area (Å²) in [6.45, 7) is 47.7. The maximum atomic E-state index is 13.3. The van der Waals surface area contributed by atoms with Crippen LogP contribution in [0.5, 0.6) is 0 Å². The van der Waals surface area contributed by atoms with Gasteiger partial charge in [0.1, 0.15) is 12.2 Å². The molecule has 15 nitrogen and oxygen atoms in total. The lowest BCUT2D eigenvalue weighted by Gasteiger charge is -2.64. The minimum Gasteiger partial charge on any atom is -0.443 e. The van der Waals surface area contributed by atoms with Gasteiger partial charge in [0.2, 0.25) is 0 Å². The molecule has 16 heteroatoms. The number of carbonyl (C=O) groups excluding carboxylic acids is 2. The van der Waals surface area contributed by atoms with Gasteiger partial charge in [0.05, 0.1) is 55.4 Å². The van der Waals surface area contributed by atoms with Gasteiger partial charge in [-0.1, -0.05) is 118 Å². The number of hydrogen-bond acceptors (Lipinski definition) is 13. The molecule has 2 amide bonds. The molecule has 6 heterocycles. The molecule has 0 bridgehead atoms. The SMILES string of the molecule is CC(C)[C@@H](OC(=O)N1CCC1)[C@H]1C[C@@H](C)[C@H]2[C@H](O1)[C@H](O)[C@@]1(C)[C@@H]3CC[C@H]4C(C)(C)C(O[C@H]5CNCCO5)CC[C@@]45CC35CC[C@]21C.CC[Si](CC)(CC)O[C@H]1[C@H]2O[C@@H]([C@H](OC(=O)N3CCC3)C(C)C)C[C@@H](C)[C@@H]2[C@@]2(C)CCC34C[C@@]35CCC(O[C@H]3CCCCO3)C(C)(C)[C@@H]5CC[C@H]4[C@]12C. The van der Waals surface area contributed by atoms with Crippen LogP contribution in [0.15, 0.2) is 0 Å². The van der Waals surface area contributed by atoms with Crippen molar-refractivity contribution in [2.75, 3.05) is 52.5 Å². The minimum atomic E-state index is -2.00. The summed E-state index contributed by atoms with van der Waals surface area (Å²) in [6.07, 6.45) is 23.6. The molecule has 16 aliphatic rings. The summed E-state index contributed by atoms with van der Waals surface area (Å²) < 4.78 is 60.9. The molecule has 6 saturated heterocycles. The summed E-state index contributed by atoms with van der Waals surface area (Å²) in [7, 11) is -2.00. The lowest BCUT2D eigenvalue weighted by atomic mass is 9.41. The first-order chi connectivity index (χ1) is 47.0. The molecule has 0 aromatic carbocycles. The molecule has 0 aromatic heterocycles. The molecule has 4 spiro atoms. The van der Waals surface area contributed by atoms with Gasteiger partial charge in [-0.2, -0.15) is 0 Å². The van der Waals surface area contributed by atoms with E-state index in [0.29, 0.717) is 69.0 Å². The number of morpholine rings is 1. The third-order valence-electron chi connectivity index (χ3n) is 35.2. The number of nitrogens with one attached hydrogen (secondary N) is 1. The molecule has 6 aliphatic heterocycles. The van der Waals surface area contributed by atoms with E-state index in [4.69, 9.17) is 42.3 Å². The predicted octanol–water partition coefficient (Wildman–Crippen LogP) is 16.6. The number of amides is 2. The van der Waals surface area contributed by atoms with E-state index in [9.17, 15) is 14.7 Å². The standard InChI is InChI=1S/C45H77NO6Si.C38H62N2O6/c1-11-53(12-2,13-3)52-39-38-36(30(6)27-31(49-38)37(29(4)5)51-40(47)46-24-16-25-46)42(9)22-23-45-28-44(45)21-20-34(50-35-17-14-15-26-48-35)41(7,8)32(44)18-19-33(45)43(39,42)10;1-22(2)30(46-33(42)40-16-8-17-40)24-19-23(3)29-31(44-24)32(41)36(7)26-10-9-25-34(4,5)27(45-28-20-39-15-18-43-28)11-12-37(25)21-38(26,37)14-13-35(29,36)6/h29-39H,11-28H2,1-10H3;22-32,39,41H,8-21H2,1-7H3/t30-,31-,32+,33+,34?,35+,36+,37-,38+,39+,42-,43-,44-,45?;23-,24-,25+,26+,27?,28+,29+,30-,31+,32+,35-,36-,37-,38?/m11/s1. The Balaban J connectivity index is 0.000000163. The summed E-state index contributed by atoms with van der Waals surface area (Å²) in [6, 6.07) is 3.47. The summed E-state index contributed by atoms with van der Waals surface area (Å²) in [5.41, 5.74) is 1.76. The second-order valence-corrected chi connectivity index (χ2v) is 44.6. The van der Waals surface area contributed by atoms with Gasteiger partial charge in [0.25, 0.3) is 0 Å². The smallest absolute Gasteiger partial charge is 0.410 e.